The minimum absolute atomic E-state index is 0.157. The molecular formula is C17H14N2O2. The maximum absolute atomic E-state index is 11.9. The lowest BCUT2D eigenvalue weighted by Crippen LogP contribution is -1.92. The Hall–Kier alpha value is -2.88. The monoisotopic (exact) mass is 278 g/mol. The average molecular weight is 278 g/mol. The molecule has 0 bridgehead atoms. The van der Waals surface area contributed by atoms with Gasteiger partial charge in [0.2, 0.25) is 5.78 Å². The summed E-state index contributed by atoms with van der Waals surface area (Å²) in [6.45, 7) is 1.81. The SMILES string of the molecule is Cc1ccc(C(=O)/C=C/c2cnn(-c3ccccc3)c2)o1. The van der Waals surface area contributed by atoms with Gasteiger partial charge in [0, 0.05) is 11.8 Å². The Morgan fingerprint density at radius 2 is 2.00 bits per heavy atom. The average Bonchev–Trinajstić information content (AvgIpc) is 3.15. The highest BCUT2D eigenvalue weighted by Crippen LogP contribution is 2.11. The molecule has 2 heterocycles. The number of nitrogens with zero attached hydrogens (tertiary/aromatic N) is 2. The minimum atomic E-state index is -0.157. The topological polar surface area (TPSA) is 48.0 Å². The van der Waals surface area contributed by atoms with E-state index < -0.39 is 0 Å². The molecule has 4 heteroatoms. The van der Waals surface area contributed by atoms with Gasteiger partial charge in [0.25, 0.3) is 0 Å². The molecule has 0 unspecified atom stereocenters. The number of ketones is 1. The van der Waals surface area contributed by atoms with Crippen LogP contribution in [-0.4, -0.2) is 15.6 Å². The van der Waals surface area contributed by atoms with Crippen LogP contribution in [0.1, 0.15) is 21.9 Å². The third-order valence-corrected chi connectivity index (χ3v) is 3.03. The van der Waals surface area contributed by atoms with Crippen molar-refractivity contribution in [2.24, 2.45) is 0 Å². The van der Waals surface area contributed by atoms with E-state index in [2.05, 4.69) is 5.10 Å². The maximum Gasteiger partial charge on any atom is 0.221 e. The summed E-state index contributed by atoms with van der Waals surface area (Å²) in [6, 6.07) is 13.3. The van der Waals surface area contributed by atoms with Crippen LogP contribution in [0.2, 0.25) is 0 Å². The van der Waals surface area contributed by atoms with E-state index in [1.807, 2.05) is 43.5 Å². The summed E-state index contributed by atoms with van der Waals surface area (Å²) >= 11 is 0. The number of carbonyl (C=O) groups is 1. The lowest BCUT2D eigenvalue weighted by Gasteiger charge is -1.98. The van der Waals surface area contributed by atoms with Crippen molar-refractivity contribution in [1.82, 2.24) is 9.78 Å². The number of para-hydroxylation sites is 1. The number of furan rings is 1. The lowest BCUT2D eigenvalue weighted by atomic mass is 10.2. The number of benzene rings is 1. The molecule has 2 aromatic heterocycles. The molecule has 21 heavy (non-hydrogen) atoms. The number of hydrogen-bond acceptors (Lipinski definition) is 3. The van der Waals surface area contributed by atoms with Gasteiger partial charge in [-0.2, -0.15) is 5.10 Å². The van der Waals surface area contributed by atoms with Crippen molar-refractivity contribution in [3.05, 3.63) is 78.0 Å². The van der Waals surface area contributed by atoms with Gasteiger partial charge in [-0.3, -0.25) is 4.79 Å². The third kappa shape index (κ3) is 3.00. The Balaban J connectivity index is 1.75. The Labute approximate surface area is 122 Å². The fourth-order valence-electron chi connectivity index (χ4n) is 1.97. The smallest absolute Gasteiger partial charge is 0.221 e. The molecule has 0 N–H and O–H groups in total. The molecule has 3 rings (SSSR count). The molecule has 0 radical (unpaired) electrons. The molecule has 104 valence electrons. The zero-order valence-electron chi connectivity index (χ0n) is 11.6. The van der Waals surface area contributed by atoms with Gasteiger partial charge < -0.3 is 4.42 Å². The summed E-state index contributed by atoms with van der Waals surface area (Å²) in [5.74, 6) is 0.915. The van der Waals surface area contributed by atoms with E-state index in [1.54, 1.807) is 29.1 Å². The number of aryl methyl sites for hydroxylation is 1. The highest BCUT2D eigenvalue weighted by molar-refractivity contribution is 6.04. The first-order valence-corrected chi connectivity index (χ1v) is 6.61. The van der Waals surface area contributed by atoms with Crippen molar-refractivity contribution in [2.75, 3.05) is 0 Å². The van der Waals surface area contributed by atoms with E-state index in [9.17, 15) is 4.79 Å². The van der Waals surface area contributed by atoms with Gasteiger partial charge in [-0.15, -0.1) is 0 Å². The number of hydrogen-bond donors (Lipinski definition) is 0. The highest BCUT2D eigenvalue weighted by atomic mass is 16.3. The van der Waals surface area contributed by atoms with Crippen LogP contribution in [-0.2, 0) is 0 Å². The second-order valence-electron chi connectivity index (χ2n) is 4.66. The zero-order valence-corrected chi connectivity index (χ0v) is 11.6. The van der Waals surface area contributed by atoms with Crippen molar-refractivity contribution < 1.29 is 9.21 Å². The first kappa shape index (κ1) is 13.1. The van der Waals surface area contributed by atoms with Crippen LogP contribution in [0.25, 0.3) is 11.8 Å². The minimum Gasteiger partial charge on any atom is -0.458 e. The Bertz CT molecular complexity index is 782. The summed E-state index contributed by atoms with van der Waals surface area (Å²) in [4.78, 5) is 11.9. The predicted molar refractivity (Wildman–Crippen MR) is 80.4 cm³/mol. The quantitative estimate of drug-likeness (QED) is 0.540. The van der Waals surface area contributed by atoms with Gasteiger partial charge in [0.1, 0.15) is 5.76 Å². The first-order chi connectivity index (χ1) is 10.2. The molecule has 0 saturated heterocycles. The fourth-order valence-corrected chi connectivity index (χ4v) is 1.97. The van der Waals surface area contributed by atoms with Crippen LogP contribution in [0, 0.1) is 6.92 Å². The molecule has 0 fully saturated rings. The molecule has 4 nitrogen and oxygen atoms in total. The molecule has 1 aromatic carbocycles. The van der Waals surface area contributed by atoms with E-state index in [0.717, 1.165) is 17.0 Å². The second-order valence-corrected chi connectivity index (χ2v) is 4.66. The van der Waals surface area contributed by atoms with Gasteiger partial charge >= 0.3 is 0 Å². The van der Waals surface area contributed by atoms with E-state index in [-0.39, 0.29) is 5.78 Å². The summed E-state index contributed by atoms with van der Waals surface area (Å²) in [7, 11) is 0. The van der Waals surface area contributed by atoms with E-state index in [4.69, 9.17) is 4.42 Å². The fraction of sp³-hybridized carbons (Fsp3) is 0.0588. The summed E-state index contributed by atoms with van der Waals surface area (Å²) < 4.78 is 7.05. The number of allylic oxidation sites excluding steroid dienone is 1. The van der Waals surface area contributed by atoms with Gasteiger partial charge in [-0.25, -0.2) is 4.68 Å². The molecule has 0 atom stereocenters. The maximum atomic E-state index is 11.9. The van der Waals surface area contributed by atoms with Crippen LogP contribution in [0.4, 0.5) is 0 Å². The highest BCUT2D eigenvalue weighted by Gasteiger charge is 2.06. The van der Waals surface area contributed by atoms with Gasteiger partial charge in [-0.1, -0.05) is 18.2 Å². The zero-order chi connectivity index (χ0) is 14.7. The van der Waals surface area contributed by atoms with Gasteiger partial charge in [0.05, 0.1) is 11.9 Å². The lowest BCUT2D eigenvalue weighted by molar-refractivity contribution is 0.102. The van der Waals surface area contributed by atoms with Crippen LogP contribution < -0.4 is 0 Å². The van der Waals surface area contributed by atoms with Gasteiger partial charge in [-0.05, 0) is 43.3 Å². The molecule has 0 aliphatic rings. The molecule has 0 spiro atoms. The molecular weight excluding hydrogens is 264 g/mol. The third-order valence-electron chi connectivity index (χ3n) is 3.03. The Morgan fingerprint density at radius 3 is 2.71 bits per heavy atom. The second kappa shape index (κ2) is 5.63. The molecule has 0 saturated carbocycles. The van der Waals surface area contributed by atoms with Crippen molar-refractivity contribution >= 4 is 11.9 Å². The van der Waals surface area contributed by atoms with Crippen LogP contribution >= 0.6 is 0 Å². The summed E-state index contributed by atoms with van der Waals surface area (Å²) in [6.07, 6.45) is 6.80. The van der Waals surface area contributed by atoms with Crippen molar-refractivity contribution in [1.29, 1.82) is 0 Å². The van der Waals surface area contributed by atoms with E-state index >= 15 is 0 Å². The first-order valence-electron chi connectivity index (χ1n) is 6.61. The summed E-state index contributed by atoms with van der Waals surface area (Å²) in [5.41, 5.74) is 1.83. The number of carbonyl (C=O) groups excluding carboxylic acids is 1. The van der Waals surface area contributed by atoms with Crippen LogP contribution in [0.15, 0.2) is 65.4 Å². The Morgan fingerprint density at radius 1 is 1.19 bits per heavy atom. The van der Waals surface area contributed by atoms with Crippen LogP contribution in [0.5, 0.6) is 0 Å². The molecule has 0 aliphatic carbocycles. The molecule has 0 aliphatic heterocycles. The largest absolute Gasteiger partial charge is 0.458 e. The summed E-state index contributed by atoms with van der Waals surface area (Å²) in [5, 5.41) is 4.27. The normalized spacial score (nSPS) is 11.1. The van der Waals surface area contributed by atoms with Gasteiger partial charge in [0.15, 0.2) is 5.76 Å². The standard InChI is InChI=1S/C17H14N2O2/c1-13-7-10-17(21-13)16(20)9-8-14-11-18-19(12-14)15-5-3-2-4-6-15/h2-12H,1H3/b9-8+. The number of rotatable bonds is 4. The van der Waals surface area contributed by atoms with E-state index in [1.165, 1.54) is 6.08 Å². The van der Waals surface area contributed by atoms with Crippen molar-refractivity contribution in [3.63, 3.8) is 0 Å². The predicted octanol–water partition coefficient (Wildman–Crippen LogP) is 3.67. The Kier molecular flexibility index (Phi) is 3.51. The number of aromatic nitrogens is 2. The molecule has 3 aromatic rings. The molecule has 0 amide bonds. The van der Waals surface area contributed by atoms with Crippen LogP contribution in [0.3, 0.4) is 0 Å². The van der Waals surface area contributed by atoms with Crippen molar-refractivity contribution in [2.45, 2.75) is 6.92 Å². The van der Waals surface area contributed by atoms with Crippen molar-refractivity contribution in [3.8, 4) is 5.69 Å². The van der Waals surface area contributed by atoms with E-state index in [0.29, 0.717) is 5.76 Å².